The van der Waals surface area contributed by atoms with Gasteiger partial charge in [0, 0.05) is 37.2 Å². The lowest BCUT2D eigenvalue weighted by Crippen LogP contribution is -2.08. The maximum atomic E-state index is 14.6. The van der Waals surface area contributed by atoms with Crippen LogP contribution in [0.3, 0.4) is 0 Å². The fourth-order valence-corrected chi connectivity index (χ4v) is 3.38. The first-order valence-electron chi connectivity index (χ1n) is 8.69. The molecule has 5 nitrogen and oxygen atoms in total. The number of aromatic nitrogens is 2. The van der Waals surface area contributed by atoms with E-state index >= 15 is 0 Å². The highest BCUT2D eigenvalue weighted by atomic mass is 19.1. The van der Waals surface area contributed by atoms with Crippen molar-refractivity contribution >= 4 is 5.97 Å². The number of hydrogen-bond donors (Lipinski definition) is 0. The van der Waals surface area contributed by atoms with Crippen molar-refractivity contribution in [2.75, 3.05) is 13.7 Å². The maximum Gasteiger partial charge on any atom is 0.340 e. The molecule has 3 aromatic rings. The number of hydrogen-bond acceptors (Lipinski definition) is 4. The molecule has 1 aliphatic heterocycles. The molecule has 0 radical (unpaired) electrons. The Labute approximate surface area is 156 Å². The molecular weight excluding hydrogens is 347 g/mol. The molecule has 0 aliphatic carbocycles. The summed E-state index contributed by atoms with van der Waals surface area (Å²) in [7, 11) is 3.18. The van der Waals surface area contributed by atoms with Crippen LogP contribution in [0.2, 0.25) is 0 Å². The first-order valence-corrected chi connectivity index (χ1v) is 8.69. The van der Waals surface area contributed by atoms with Gasteiger partial charge in [0.2, 0.25) is 0 Å². The normalized spacial score (nSPS) is 12.6. The number of esters is 1. The molecule has 4 rings (SSSR count). The fraction of sp³-hybridized carbons (Fsp3) is 0.238. The van der Waals surface area contributed by atoms with E-state index in [0.717, 1.165) is 22.4 Å². The number of ether oxygens (including phenoxy) is 2. The summed E-state index contributed by atoms with van der Waals surface area (Å²) in [6.07, 6.45) is 4.71. The second-order valence-corrected chi connectivity index (χ2v) is 6.59. The molecule has 0 atom stereocenters. The zero-order valence-electron chi connectivity index (χ0n) is 15.2. The molecule has 6 heteroatoms. The van der Waals surface area contributed by atoms with Crippen LogP contribution in [0.25, 0.3) is 11.3 Å². The largest absolute Gasteiger partial charge is 0.493 e. The van der Waals surface area contributed by atoms with Gasteiger partial charge in [0.1, 0.15) is 11.6 Å². The smallest absolute Gasteiger partial charge is 0.340 e. The van der Waals surface area contributed by atoms with E-state index in [2.05, 4.69) is 4.98 Å². The number of imidazole rings is 1. The van der Waals surface area contributed by atoms with Gasteiger partial charge < -0.3 is 14.0 Å². The van der Waals surface area contributed by atoms with E-state index < -0.39 is 11.8 Å². The van der Waals surface area contributed by atoms with Gasteiger partial charge in [0.15, 0.2) is 0 Å². The summed E-state index contributed by atoms with van der Waals surface area (Å²) in [6, 6.07) is 9.56. The third kappa shape index (κ3) is 3.18. The number of aryl methyl sites for hydroxylation is 1. The number of halogens is 1. The van der Waals surface area contributed by atoms with E-state index in [4.69, 9.17) is 9.47 Å². The molecule has 0 amide bonds. The van der Waals surface area contributed by atoms with Crippen molar-refractivity contribution < 1.29 is 18.7 Å². The Hall–Kier alpha value is -3.15. The van der Waals surface area contributed by atoms with Gasteiger partial charge in [-0.1, -0.05) is 24.3 Å². The van der Waals surface area contributed by atoms with Gasteiger partial charge in [0.25, 0.3) is 0 Å². The van der Waals surface area contributed by atoms with Gasteiger partial charge in [0.05, 0.1) is 31.3 Å². The maximum absolute atomic E-state index is 14.6. The van der Waals surface area contributed by atoms with Crippen LogP contribution in [0.1, 0.15) is 27.0 Å². The first-order chi connectivity index (χ1) is 13.1. The molecule has 1 aliphatic rings. The molecular formula is C21H19FN2O3. The molecule has 138 valence electrons. The number of benzene rings is 2. The first kappa shape index (κ1) is 17.3. The number of fused-ring (bicyclic) bond motifs is 1. The van der Waals surface area contributed by atoms with Crippen molar-refractivity contribution in [2.24, 2.45) is 7.05 Å². The molecule has 1 aromatic heterocycles. The predicted octanol–water partition coefficient (Wildman–Crippen LogP) is 3.54. The SMILES string of the molecule is COC(=O)c1cc(Cc2ccc(-c3cn(C)cn3)cc2)c2c(c1F)CCO2. The summed E-state index contributed by atoms with van der Waals surface area (Å²) in [5, 5.41) is 0. The van der Waals surface area contributed by atoms with Gasteiger partial charge in [-0.25, -0.2) is 14.2 Å². The number of rotatable bonds is 4. The lowest BCUT2D eigenvalue weighted by molar-refractivity contribution is 0.0595. The number of carbonyl (C=O) groups is 1. The zero-order chi connectivity index (χ0) is 19.0. The Bertz CT molecular complexity index is 1010. The molecule has 0 saturated heterocycles. The third-order valence-corrected chi connectivity index (χ3v) is 4.74. The Kier molecular flexibility index (Phi) is 4.39. The van der Waals surface area contributed by atoms with Crippen molar-refractivity contribution in [3.8, 4) is 17.0 Å². The summed E-state index contributed by atoms with van der Waals surface area (Å²) in [6.45, 7) is 0.419. The lowest BCUT2D eigenvalue weighted by Gasteiger charge is -2.12. The van der Waals surface area contributed by atoms with Crippen LogP contribution in [0.15, 0.2) is 42.9 Å². The molecule has 0 unspecified atom stereocenters. The third-order valence-electron chi connectivity index (χ3n) is 4.74. The molecule has 0 spiro atoms. The predicted molar refractivity (Wildman–Crippen MR) is 98.4 cm³/mol. The van der Waals surface area contributed by atoms with Crippen LogP contribution < -0.4 is 4.74 Å². The van der Waals surface area contributed by atoms with Crippen LogP contribution in [0.4, 0.5) is 4.39 Å². The quantitative estimate of drug-likeness (QED) is 0.663. The van der Waals surface area contributed by atoms with Crippen LogP contribution in [0, 0.1) is 5.82 Å². The van der Waals surface area contributed by atoms with Crippen LogP contribution in [-0.2, 0) is 24.6 Å². The van der Waals surface area contributed by atoms with Crippen molar-refractivity contribution in [2.45, 2.75) is 12.8 Å². The Morgan fingerprint density at radius 3 is 2.78 bits per heavy atom. The Morgan fingerprint density at radius 1 is 1.33 bits per heavy atom. The number of methoxy groups -OCH3 is 1. The van der Waals surface area contributed by atoms with Gasteiger partial charge in [-0.2, -0.15) is 0 Å². The van der Waals surface area contributed by atoms with Gasteiger partial charge in [-0.05, 0) is 17.2 Å². The highest BCUT2D eigenvalue weighted by Crippen LogP contribution is 2.35. The highest BCUT2D eigenvalue weighted by molar-refractivity contribution is 5.90. The molecule has 0 fully saturated rings. The van der Waals surface area contributed by atoms with Crippen molar-refractivity contribution in [1.29, 1.82) is 0 Å². The summed E-state index contributed by atoms with van der Waals surface area (Å²) in [5.41, 5.74) is 4.17. The van der Waals surface area contributed by atoms with Crippen LogP contribution in [-0.4, -0.2) is 29.2 Å². The molecule has 2 aromatic carbocycles. The van der Waals surface area contributed by atoms with Crippen molar-refractivity contribution in [1.82, 2.24) is 9.55 Å². The second-order valence-electron chi connectivity index (χ2n) is 6.59. The average molecular weight is 366 g/mol. The molecule has 2 heterocycles. The number of carbonyl (C=O) groups excluding carboxylic acids is 1. The second kappa shape index (κ2) is 6.87. The topological polar surface area (TPSA) is 53.4 Å². The van der Waals surface area contributed by atoms with E-state index in [1.165, 1.54) is 13.2 Å². The van der Waals surface area contributed by atoms with Gasteiger partial charge >= 0.3 is 5.97 Å². The summed E-state index contributed by atoms with van der Waals surface area (Å²) in [4.78, 5) is 16.3. The minimum atomic E-state index is -0.672. The van der Waals surface area contributed by atoms with E-state index in [-0.39, 0.29) is 5.56 Å². The number of nitrogens with zero attached hydrogens (tertiary/aromatic N) is 2. The zero-order valence-corrected chi connectivity index (χ0v) is 15.2. The summed E-state index contributed by atoms with van der Waals surface area (Å²) in [5.74, 6) is -0.661. The minimum Gasteiger partial charge on any atom is -0.493 e. The Morgan fingerprint density at radius 2 is 2.11 bits per heavy atom. The van der Waals surface area contributed by atoms with Crippen LogP contribution >= 0.6 is 0 Å². The summed E-state index contributed by atoms with van der Waals surface area (Å²) < 4.78 is 26.8. The monoisotopic (exact) mass is 366 g/mol. The standard InChI is InChI=1S/C21H19FN2O3/c1-24-11-18(23-12-24)14-5-3-13(4-6-14)9-15-10-17(21(25)26-2)19(22)16-7-8-27-20(15)16/h3-6,10-12H,7-9H2,1-2H3. The van der Waals surface area contributed by atoms with Crippen molar-refractivity contribution in [3.63, 3.8) is 0 Å². The summed E-state index contributed by atoms with van der Waals surface area (Å²) >= 11 is 0. The molecule has 27 heavy (non-hydrogen) atoms. The Balaban J connectivity index is 1.66. The van der Waals surface area contributed by atoms with Gasteiger partial charge in [-0.3, -0.25) is 0 Å². The molecule has 0 N–H and O–H groups in total. The van der Waals surface area contributed by atoms with Gasteiger partial charge in [-0.15, -0.1) is 0 Å². The molecule has 0 bridgehead atoms. The van der Waals surface area contributed by atoms with E-state index in [9.17, 15) is 9.18 Å². The van der Waals surface area contributed by atoms with Crippen LogP contribution in [0.5, 0.6) is 5.75 Å². The lowest BCUT2D eigenvalue weighted by atomic mass is 9.96. The highest BCUT2D eigenvalue weighted by Gasteiger charge is 2.26. The van der Waals surface area contributed by atoms with E-state index in [0.29, 0.717) is 30.8 Å². The minimum absolute atomic E-state index is 0.0399. The fourth-order valence-electron chi connectivity index (χ4n) is 3.38. The van der Waals surface area contributed by atoms with E-state index in [1.807, 2.05) is 42.1 Å². The molecule has 0 saturated carbocycles. The average Bonchev–Trinajstić information content (AvgIpc) is 3.33. The van der Waals surface area contributed by atoms with Crippen molar-refractivity contribution in [3.05, 3.63) is 70.9 Å². The van der Waals surface area contributed by atoms with E-state index in [1.54, 1.807) is 6.33 Å².